The SMILES string of the molecule is CC(C)(CCCCCN1c2cccc3cccc(c23)S1(=O)=O)C(=O)NO. The molecule has 0 atom stereocenters. The summed E-state index contributed by atoms with van der Waals surface area (Å²) in [5, 5.41) is 10.5. The van der Waals surface area contributed by atoms with Crippen molar-refractivity contribution in [2.75, 3.05) is 10.8 Å². The van der Waals surface area contributed by atoms with E-state index in [-0.39, 0.29) is 0 Å². The number of anilines is 1. The molecule has 0 fully saturated rings. The molecule has 2 N–H and O–H groups in total. The van der Waals surface area contributed by atoms with Crippen LogP contribution in [-0.2, 0) is 14.8 Å². The van der Waals surface area contributed by atoms with Crippen molar-refractivity contribution in [3.05, 3.63) is 36.4 Å². The lowest BCUT2D eigenvalue weighted by atomic mass is 9.86. The van der Waals surface area contributed by atoms with Gasteiger partial charge in [0.25, 0.3) is 10.0 Å². The van der Waals surface area contributed by atoms with Crippen LogP contribution in [0.2, 0.25) is 0 Å². The molecule has 6 nitrogen and oxygen atoms in total. The van der Waals surface area contributed by atoms with Crippen LogP contribution in [0, 0.1) is 5.41 Å². The van der Waals surface area contributed by atoms with Crippen molar-refractivity contribution in [3.63, 3.8) is 0 Å². The number of nitrogens with zero attached hydrogens (tertiary/aromatic N) is 1. The third kappa shape index (κ3) is 3.17. The maximum atomic E-state index is 12.9. The number of unbranched alkanes of at least 4 members (excludes halogenated alkanes) is 2. The van der Waals surface area contributed by atoms with E-state index in [0.29, 0.717) is 24.3 Å². The minimum absolute atomic E-state index is 0.381. The monoisotopic (exact) mass is 376 g/mol. The molecule has 0 spiro atoms. The highest BCUT2D eigenvalue weighted by Gasteiger charge is 2.35. The van der Waals surface area contributed by atoms with Crippen molar-refractivity contribution < 1.29 is 18.4 Å². The maximum absolute atomic E-state index is 12.9. The predicted molar refractivity (Wildman–Crippen MR) is 101 cm³/mol. The zero-order valence-corrected chi connectivity index (χ0v) is 15.8. The van der Waals surface area contributed by atoms with Gasteiger partial charge in [-0.2, -0.15) is 0 Å². The first-order chi connectivity index (χ1) is 12.3. The normalized spacial score (nSPS) is 15.4. The minimum Gasteiger partial charge on any atom is -0.289 e. The molecule has 1 aliphatic rings. The lowest BCUT2D eigenvalue weighted by Crippen LogP contribution is -2.34. The van der Waals surface area contributed by atoms with Gasteiger partial charge in [0.05, 0.1) is 10.6 Å². The van der Waals surface area contributed by atoms with E-state index in [9.17, 15) is 13.2 Å². The van der Waals surface area contributed by atoms with E-state index in [1.807, 2.05) is 24.3 Å². The van der Waals surface area contributed by atoms with Gasteiger partial charge in [0, 0.05) is 17.3 Å². The van der Waals surface area contributed by atoms with Gasteiger partial charge in [-0.3, -0.25) is 14.3 Å². The van der Waals surface area contributed by atoms with Gasteiger partial charge in [-0.05, 0) is 30.4 Å². The summed E-state index contributed by atoms with van der Waals surface area (Å²) in [5.74, 6) is -0.401. The molecule has 26 heavy (non-hydrogen) atoms. The number of nitrogens with one attached hydrogen (secondary N) is 1. The largest absolute Gasteiger partial charge is 0.289 e. The van der Waals surface area contributed by atoms with E-state index < -0.39 is 21.3 Å². The summed E-state index contributed by atoms with van der Waals surface area (Å²) < 4.78 is 27.2. The Kier molecular flexibility index (Phi) is 4.94. The molecule has 2 aromatic rings. The second-order valence-electron chi connectivity index (χ2n) is 7.34. The summed E-state index contributed by atoms with van der Waals surface area (Å²) in [7, 11) is -3.50. The molecular weight excluding hydrogens is 352 g/mol. The number of rotatable bonds is 7. The quantitative estimate of drug-likeness (QED) is 0.440. The number of carbonyl (C=O) groups excluding carboxylic acids is 1. The predicted octanol–water partition coefficient (Wildman–Crippen LogP) is 3.44. The zero-order valence-electron chi connectivity index (χ0n) is 15.0. The van der Waals surface area contributed by atoms with E-state index in [4.69, 9.17) is 5.21 Å². The van der Waals surface area contributed by atoms with E-state index in [1.54, 1.807) is 31.5 Å². The molecule has 3 rings (SSSR count). The molecule has 1 amide bonds. The number of hydrogen-bond donors (Lipinski definition) is 2. The minimum atomic E-state index is -3.50. The second-order valence-corrected chi connectivity index (χ2v) is 9.17. The Bertz CT molecular complexity index is 932. The Balaban J connectivity index is 1.65. The summed E-state index contributed by atoms with van der Waals surface area (Å²) in [4.78, 5) is 12.0. The summed E-state index contributed by atoms with van der Waals surface area (Å²) in [6, 6.07) is 11.0. The van der Waals surface area contributed by atoms with E-state index in [0.717, 1.165) is 29.3 Å². The zero-order chi connectivity index (χ0) is 18.9. The van der Waals surface area contributed by atoms with Crippen LogP contribution in [0.4, 0.5) is 5.69 Å². The van der Waals surface area contributed by atoms with Crippen molar-refractivity contribution in [1.82, 2.24) is 5.48 Å². The maximum Gasteiger partial charge on any atom is 0.265 e. The highest BCUT2D eigenvalue weighted by atomic mass is 32.2. The lowest BCUT2D eigenvalue weighted by molar-refractivity contribution is -0.138. The molecule has 0 saturated heterocycles. The summed E-state index contributed by atoms with van der Waals surface area (Å²) >= 11 is 0. The van der Waals surface area contributed by atoms with Gasteiger partial charge in [-0.1, -0.05) is 51.0 Å². The van der Waals surface area contributed by atoms with Crippen LogP contribution in [0.5, 0.6) is 0 Å². The topological polar surface area (TPSA) is 86.7 Å². The second kappa shape index (κ2) is 6.89. The van der Waals surface area contributed by atoms with Gasteiger partial charge < -0.3 is 0 Å². The number of amides is 1. The molecule has 1 aliphatic heterocycles. The van der Waals surface area contributed by atoms with E-state index in [2.05, 4.69) is 0 Å². The molecule has 7 heteroatoms. The average molecular weight is 376 g/mol. The van der Waals surface area contributed by atoms with Crippen molar-refractivity contribution in [3.8, 4) is 0 Å². The Labute approximate surface area is 153 Å². The first kappa shape index (κ1) is 18.7. The molecular formula is C19H24N2O4S. The van der Waals surface area contributed by atoms with Crippen LogP contribution in [0.25, 0.3) is 10.8 Å². The number of hydroxylamine groups is 1. The van der Waals surface area contributed by atoms with E-state index in [1.165, 1.54) is 4.31 Å². The van der Waals surface area contributed by atoms with E-state index >= 15 is 0 Å². The fourth-order valence-corrected chi connectivity index (χ4v) is 5.21. The number of benzene rings is 2. The first-order valence-electron chi connectivity index (χ1n) is 8.78. The van der Waals surface area contributed by atoms with Crippen LogP contribution in [-0.4, -0.2) is 26.1 Å². The Morgan fingerprint density at radius 2 is 1.81 bits per heavy atom. The van der Waals surface area contributed by atoms with Gasteiger partial charge in [-0.25, -0.2) is 13.9 Å². The fraction of sp³-hybridized carbons (Fsp3) is 0.421. The summed E-state index contributed by atoms with van der Waals surface area (Å²) in [5.41, 5.74) is 1.80. The molecule has 0 aliphatic carbocycles. The third-order valence-corrected chi connectivity index (χ3v) is 6.92. The van der Waals surface area contributed by atoms with Crippen molar-refractivity contribution in [2.45, 2.75) is 44.4 Å². The average Bonchev–Trinajstić information content (AvgIpc) is 2.83. The van der Waals surface area contributed by atoms with Crippen molar-refractivity contribution in [2.24, 2.45) is 5.41 Å². The van der Waals surface area contributed by atoms with Gasteiger partial charge in [0.2, 0.25) is 5.91 Å². The molecule has 0 saturated carbocycles. The molecule has 0 unspecified atom stereocenters. The molecule has 0 bridgehead atoms. The van der Waals surface area contributed by atoms with Crippen LogP contribution in [0.3, 0.4) is 0 Å². The van der Waals surface area contributed by atoms with Crippen molar-refractivity contribution >= 4 is 32.4 Å². The molecule has 2 aromatic carbocycles. The fourth-order valence-electron chi connectivity index (χ4n) is 3.46. The van der Waals surface area contributed by atoms with Gasteiger partial charge in [-0.15, -0.1) is 0 Å². The standard InChI is InChI=1S/C19H24N2O4S/c1-19(2,18(22)20-23)12-4-3-5-13-21-15-10-6-8-14-9-7-11-16(17(14)15)26(21,24)25/h6-11,23H,3-5,12-13H2,1-2H3,(H,20,22). The number of hydrogen-bond acceptors (Lipinski definition) is 4. The summed E-state index contributed by atoms with van der Waals surface area (Å²) in [6.07, 6.45) is 2.92. The molecule has 140 valence electrons. The van der Waals surface area contributed by atoms with Crippen LogP contribution in [0.1, 0.15) is 39.5 Å². The van der Waals surface area contributed by atoms with Crippen LogP contribution >= 0.6 is 0 Å². The third-order valence-electron chi connectivity index (χ3n) is 5.06. The van der Waals surface area contributed by atoms with Gasteiger partial charge >= 0.3 is 0 Å². The van der Waals surface area contributed by atoms with Crippen LogP contribution < -0.4 is 9.79 Å². The Morgan fingerprint density at radius 3 is 2.50 bits per heavy atom. The van der Waals surface area contributed by atoms with Gasteiger partial charge in [0.1, 0.15) is 0 Å². The number of carbonyl (C=O) groups is 1. The first-order valence-corrected chi connectivity index (χ1v) is 10.2. The number of sulfonamides is 1. The molecule has 1 heterocycles. The van der Waals surface area contributed by atoms with Gasteiger partial charge in [0.15, 0.2) is 0 Å². The highest BCUT2D eigenvalue weighted by Crippen LogP contribution is 2.42. The Morgan fingerprint density at radius 1 is 1.12 bits per heavy atom. The Hall–Kier alpha value is -2.12. The van der Waals surface area contributed by atoms with Crippen molar-refractivity contribution in [1.29, 1.82) is 0 Å². The lowest BCUT2D eigenvalue weighted by Gasteiger charge is -2.22. The molecule has 0 radical (unpaired) electrons. The summed E-state index contributed by atoms with van der Waals surface area (Å²) in [6.45, 7) is 3.98. The smallest absolute Gasteiger partial charge is 0.265 e. The van der Waals surface area contributed by atoms with Crippen LogP contribution in [0.15, 0.2) is 41.3 Å². The molecule has 0 aromatic heterocycles. The highest BCUT2D eigenvalue weighted by molar-refractivity contribution is 7.93.